The Bertz CT molecular complexity index is 607. The summed E-state index contributed by atoms with van der Waals surface area (Å²) >= 11 is 6.28. The van der Waals surface area contributed by atoms with Crippen LogP contribution in [0.1, 0.15) is 19.0 Å². The van der Waals surface area contributed by atoms with Crippen molar-refractivity contribution in [1.82, 2.24) is 9.47 Å². The van der Waals surface area contributed by atoms with Gasteiger partial charge in [-0.25, -0.2) is 4.79 Å². The third-order valence-electron chi connectivity index (χ3n) is 3.07. The molecule has 106 valence electrons. The molecule has 0 spiro atoms. The number of thioether (sulfide) groups is 1. The highest BCUT2D eigenvalue weighted by Gasteiger charge is 2.39. The molecule has 2 rings (SSSR count). The summed E-state index contributed by atoms with van der Waals surface area (Å²) in [6.45, 7) is 1.72. The van der Waals surface area contributed by atoms with Crippen LogP contribution in [0.15, 0.2) is 23.2 Å². The second-order valence-corrected chi connectivity index (χ2v) is 6.03. The lowest BCUT2D eigenvalue weighted by atomic mass is 10.2. The molecule has 1 aromatic heterocycles. The average molecular weight is 310 g/mol. The molecule has 1 aromatic rings. The molecule has 1 amide bonds. The number of aliphatic carboxylic acids is 1. The molecule has 1 saturated heterocycles. The number of hydrogen-bond donors (Lipinski definition) is 1. The molecule has 0 saturated carbocycles. The Morgan fingerprint density at radius 2 is 2.30 bits per heavy atom. The Balaban J connectivity index is 2.32. The normalized spacial score (nSPS) is 18.9. The number of carboxylic acid groups (broad SMARTS) is 1. The van der Waals surface area contributed by atoms with Crippen molar-refractivity contribution in [2.45, 2.75) is 19.4 Å². The molecule has 1 aliphatic rings. The number of thiocarbonyl (C=S) groups is 1. The first-order valence-corrected chi connectivity index (χ1v) is 7.29. The molecular weight excluding hydrogens is 296 g/mol. The topological polar surface area (TPSA) is 62.5 Å². The number of carbonyl (C=O) groups is 2. The lowest BCUT2D eigenvalue weighted by molar-refractivity contribution is -0.145. The van der Waals surface area contributed by atoms with Crippen LogP contribution in [0.5, 0.6) is 0 Å². The van der Waals surface area contributed by atoms with Crippen molar-refractivity contribution in [1.29, 1.82) is 0 Å². The van der Waals surface area contributed by atoms with Crippen molar-refractivity contribution in [3.05, 3.63) is 28.9 Å². The van der Waals surface area contributed by atoms with Gasteiger partial charge >= 0.3 is 5.97 Å². The third kappa shape index (κ3) is 2.64. The van der Waals surface area contributed by atoms with Gasteiger partial charge in [0.1, 0.15) is 10.4 Å². The van der Waals surface area contributed by atoms with Gasteiger partial charge in [-0.2, -0.15) is 0 Å². The van der Waals surface area contributed by atoms with Gasteiger partial charge in [0.05, 0.1) is 4.91 Å². The molecule has 0 aromatic carbocycles. The van der Waals surface area contributed by atoms with Crippen LogP contribution in [-0.2, 0) is 16.6 Å². The first-order chi connectivity index (χ1) is 9.45. The highest BCUT2D eigenvalue weighted by molar-refractivity contribution is 8.26. The van der Waals surface area contributed by atoms with Crippen LogP contribution in [0.4, 0.5) is 0 Å². The van der Waals surface area contributed by atoms with Gasteiger partial charge in [0.25, 0.3) is 5.91 Å². The fourth-order valence-corrected chi connectivity index (χ4v) is 3.32. The van der Waals surface area contributed by atoms with Gasteiger partial charge in [0.2, 0.25) is 0 Å². The monoisotopic (exact) mass is 310 g/mol. The first kappa shape index (κ1) is 14.8. The summed E-state index contributed by atoms with van der Waals surface area (Å²) in [4.78, 5) is 25.2. The van der Waals surface area contributed by atoms with E-state index in [2.05, 4.69) is 0 Å². The number of carbonyl (C=O) groups excluding carboxylic acids is 1. The SMILES string of the molecule is CCC(C(=O)O)N1C(=O)C(=Cc2cccn2C)SC1=S. The Kier molecular flexibility index (Phi) is 4.29. The molecule has 0 radical (unpaired) electrons. The van der Waals surface area contributed by atoms with Crippen LogP contribution >= 0.6 is 24.0 Å². The molecule has 0 aliphatic carbocycles. The lowest BCUT2D eigenvalue weighted by Crippen LogP contribution is -2.43. The smallest absolute Gasteiger partial charge is 0.326 e. The molecule has 1 fully saturated rings. The van der Waals surface area contributed by atoms with E-state index in [-0.39, 0.29) is 5.91 Å². The third-order valence-corrected chi connectivity index (χ3v) is 4.40. The molecule has 20 heavy (non-hydrogen) atoms. The Morgan fingerprint density at radius 3 is 2.80 bits per heavy atom. The van der Waals surface area contributed by atoms with Crippen molar-refractivity contribution in [3.63, 3.8) is 0 Å². The maximum Gasteiger partial charge on any atom is 0.326 e. The average Bonchev–Trinajstić information content (AvgIpc) is 2.89. The fraction of sp³-hybridized carbons (Fsp3) is 0.308. The predicted molar refractivity (Wildman–Crippen MR) is 82.1 cm³/mol. The number of rotatable bonds is 4. The van der Waals surface area contributed by atoms with Gasteiger partial charge in [-0.1, -0.05) is 30.9 Å². The second kappa shape index (κ2) is 5.80. The zero-order chi connectivity index (χ0) is 14.9. The summed E-state index contributed by atoms with van der Waals surface area (Å²) < 4.78 is 2.17. The van der Waals surface area contributed by atoms with E-state index >= 15 is 0 Å². The maximum atomic E-state index is 12.3. The van der Waals surface area contributed by atoms with Gasteiger partial charge in [-0.3, -0.25) is 9.69 Å². The lowest BCUT2D eigenvalue weighted by Gasteiger charge is -2.21. The van der Waals surface area contributed by atoms with Crippen LogP contribution in [0.3, 0.4) is 0 Å². The summed E-state index contributed by atoms with van der Waals surface area (Å²) in [5.74, 6) is -1.38. The van der Waals surface area contributed by atoms with E-state index < -0.39 is 12.0 Å². The molecule has 7 heteroatoms. The highest BCUT2D eigenvalue weighted by atomic mass is 32.2. The number of carboxylic acids is 1. The summed E-state index contributed by atoms with van der Waals surface area (Å²) in [5.41, 5.74) is 0.869. The quantitative estimate of drug-likeness (QED) is 0.681. The fourth-order valence-electron chi connectivity index (χ4n) is 1.97. The van der Waals surface area contributed by atoms with Crippen molar-refractivity contribution in [2.75, 3.05) is 0 Å². The molecule has 2 heterocycles. The van der Waals surface area contributed by atoms with Gasteiger partial charge in [-0.05, 0) is 24.6 Å². The van der Waals surface area contributed by atoms with E-state index in [9.17, 15) is 9.59 Å². The summed E-state index contributed by atoms with van der Waals surface area (Å²) in [7, 11) is 1.87. The first-order valence-electron chi connectivity index (χ1n) is 6.07. The summed E-state index contributed by atoms with van der Waals surface area (Å²) in [6.07, 6.45) is 3.92. The van der Waals surface area contributed by atoms with Crippen LogP contribution in [0, 0.1) is 0 Å². The van der Waals surface area contributed by atoms with Gasteiger partial charge in [0.15, 0.2) is 0 Å². The van der Waals surface area contributed by atoms with Crippen molar-refractivity contribution < 1.29 is 14.7 Å². The zero-order valence-corrected chi connectivity index (χ0v) is 12.7. The minimum absolute atomic E-state index is 0.296. The number of amides is 1. The van der Waals surface area contributed by atoms with Gasteiger partial charge in [-0.15, -0.1) is 0 Å². The van der Waals surface area contributed by atoms with Crippen LogP contribution in [0.25, 0.3) is 6.08 Å². The zero-order valence-electron chi connectivity index (χ0n) is 11.1. The minimum atomic E-state index is -1.04. The van der Waals surface area contributed by atoms with Crippen molar-refractivity contribution in [3.8, 4) is 0 Å². The number of aryl methyl sites for hydroxylation is 1. The predicted octanol–water partition coefficient (Wildman–Crippen LogP) is 2.09. The Hall–Kier alpha value is -1.60. The van der Waals surface area contributed by atoms with Crippen LogP contribution < -0.4 is 0 Å². The standard InChI is InChI=1S/C13H14N2O3S2/c1-3-9(12(17)18)15-11(16)10(20-13(15)19)7-8-5-4-6-14(8)2/h4-7,9H,3H2,1-2H3,(H,17,18). The molecule has 0 bridgehead atoms. The van der Waals surface area contributed by atoms with E-state index in [1.165, 1.54) is 4.90 Å². The number of aromatic nitrogens is 1. The van der Waals surface area contributed by atoms with Gasteiger partial charge in [0, 0.05) is 18.9 Å². The molecule has 1 atom stereocenters. The molecule has 1 aliphatic heterocycles. The van der Waals surface area contributed by atoms with E-state index in [1.807, 2.05) is 29.9 Å². The number of nitrogens with zero attached hydrogens (tertiary/aromatic N) is 2. The van der Waals surface area contributed by atoms with E-state index in [4.69, 9.17) is 17.3 Å². The number of hydrogen-bond acceptors (Lipinski definition) is 4. The van der Waals surface area contributed by atoms with Crippen LogP contribution in [0.2, 0.25) is 0 Å². The highest BCUT2D eigenvalue weighted by Crippen LogP contribution is 2.34. The summed E-state index contributed by atoms with van der Waals surface area (Å²) in [5, 5.41) is 9.17. The van der Waals surface area contributed by atoms with E-state index in [0.29, 0.717) is 15.6 Å². The van der Waals surface area contributed by atoms with E-state index in [0.717, 1.165) is 17.5 Å². The Morgan fingerprint density at radius 1 is 1.60 bits per heavy atom. The molecule has 1 N–H and O–H groups in total. The second-order valence-electron chi connectivity index (χ2n) is 4.36. The summed E-state index contributed by atoms with van der Waals surface area (Å²) in [6, 6.07) is 2.85. The largest absolute Gasteiger partial charge is 0.480 e. The molecule has 1 unspecified atom stereocenters. The minimum Gasteiger partial charge on any atom is -0.480 e. The Labute approximate surface area is 126 Å². The van der Waals surface area contributed by atoms with Gasteiger partial charge < -0.3 is 9.67 Å². The van der Waals surface area contributed by atoms with Crippen LogP contribution in [-0.4, -0.2) is 36.8 Å². The van der Waals surface area contributed by atoms with Crippen molar-refractivity contribution >= 4 is 46.3 Å². The van der Waals surface area contributed by atoms with E-state index in [1.54, 1.807) is 13.0 Å². The maximum absolute atomic E-state index is 12.3. The molecular formula is C13H14N2O3S2. The molecule has 5 nitrogen and oxygen atoms in total. The van der Waals surface area contributed by atoms with Crippen molar-refractivity contribution in [2.24, 2.45) is 7.05 Å².